The van der Waals surface area contributed by atoms with Crippen molar-refractivity contribution in [3.63, 3.8) is 0 Å². The van der Waals surface area contributed by atoms with Gasteiger partial charge >= 0.3 is 0 Å². The lowest BCUT2D eigenvalue weighted by molar-refractivity contribution is 0.284. The van der Waals surface area contributed by atoms with E-state index in [9.17, 15) is 0 Å². The highest BCUT2D eigenvalue weighted by atomic mass is 32.1. The maximum atomic E-state index is 5.89. The molecule has 0 atom stereocenters. The van der Waals surface area contributed by atoms with Gasteiger partial charge in [0.05, 0.1) is 13.3 Å². The molecule has 128 valence electrons. The van der Waals surface area contributed by atoms with Crippen LogP contribution in [0.3, 0.4) is 0 Å². The van der Waals surface area contributed by atoms with Crippen molar-refractivity contribution in [1.29, 1.82) is 0 Å². The number of ether oxygens (including phenoxy) is 2. The number of rotatable bonds is 7. The van der Waals surface area contributed by atoms with Gasteiger partial charge < -0.3 is 15.2 Å². The zero-order chi connectivity index (χ0) is 17.5. The van der Waals surface area contributed by atoms with E-state index in [-0.39, 0.29) is 0 Å². The molecular formula is C18H18N4O2S. The van der Waals surface area contributed by atoms with Gasteiger partial charge in [0.25, 0.3) is 0 Å². The van der Waals surface area contributed by atoms with E-state index in [1.165, 1.54) is 11.3 Å². The molecule has 3 rings (SSSR count). The maximum Gasteiger partial charge on any atom is 0.205 e. The predicted molar refractivity (Wildman–Crippen MR) is 102 cm³/mol. The molecule has 0 spiro atoms. The van der Waals surface area contributed by atoms with E-state index in [0.717, 1.165) is 11.1 Å². The summed E-state index contributed by atoms with van der Waals surface area (Å²) in [7, 11) is 1.62. The summed E-state index contributed by atoms with van der Waals surface area (Å²) in [5.74, 6) is 1.81. The third kappa shape index (κ3) is 4.71. The van der Waals surface area contributed by atoms with Crippen LogP contribution < -0.4 is 20.6 Å². The van der Waals surface area contributed by atoms with E-state index in [0.29, 0.717) is 29.1 Å². The molecule has 0 bridgehead atoms. The van der Waals surface area contributed by atoms with Crippen LogP contribution in [0, 0.1) is 0 Å². The summed E-state index contributed by atoms with van der Waals surface area (Å²) in [4.78, 5) is 4.08. The van der Waals surface area contributed by atoms with Gasteiger partial charge in [-0.05, 0) is 29.3 Å². The summed E-state index contributed by atoms with van der Waals surface area (Å²) < 4.78 is 11.2. The topological polar surface area (TPSA) is 81.8 Å². The fourth-order valence-corrected chi connectivity index (χ4v) is 2.67. The molecule has 6 nitrogen and oxygen atoms in total. The van der Waals surface area contributed by atoms with Gasteiger partial charge in [-0.15, -0.1) is 11.3 Å². The maximum absolute atomic E-state index is 5.89. The minimum absolute atomic E-state index is 0.467. The van der Waals surface area contributed by atoms with Crippen LogP contribution in [-0.2, 0) is 6.61 Å². The monoisotopic (exact) mass is 354 g/mol. The second kappa shape index (κ2) is 8.16. The third-order valence-corrected chi connectivity index (χ3v) is 4.09. The Morgan fingerprint density at radius 3 is 2.76 bits per heavy atom. The van der Waals surface area contributed by atoms with Gasteiger partial charge in [0.1, 0.15) is 12.4 Å². The third-order valence-electron chi connectivity index (χ3n) is 3.32. The van der Waals surface area contributed by atoms with E-state index < -0.39 is 0 Å². The molecule has 7 heteroatoms. The first-order valence-corrected chi connectivity index (χ1v) is 8.47. The van der Waals surface area contributed by atoms with E-state index in [2.05, 4.69) is 15.5 Å². The van der Waals surface area contributed by atoms with Crippen molar-refractivity contribution in [2.45, 2.75) is 6.61 Å². The Morgan fingerprint density at radius 2 is 2.04 bits per heavy atom. The molecule has 0 aliphatic rings. The first kappa shape index (κ1) is 16.8. The summed E-state index contributed by atoms with van der Waals surface area (Å²) in [6, 6.07) is 15.6. The molecule has 0 aliphatic carbocycles. The number of hydrogen-bond donors (Lipinski definition) is 2. The average molecular weight is 354 g/mol. The predicted octanol–water partition coefficient (Wildman–Crippen LogP) is 3.76. The van der Waals surface area contributed by atoms with Crippen LogP contribution in [0.25, 0.3) is 0 Å². The van der Waals surface area contributed by atoms with Gasteiger partial charge in [0.2, 0.25) is 5.13 Å². The second-order valence-corrected chi connectivity index (χ2v) is 5.99. The number of hydrogen-bond acceptors (Lipinski definition) is 7. The first-order valence-electron chi connectivity index (χ1n) is 7.59. The molecule has 25 heavy (non-hydrogen) atoms. The van der Waals surface area contributed by atoms with E-state index in [4.69, 9.17) is 15.2 Å². The largest absolute Gasteiger partial charge is 0.493 e. The normalized spacial score (nSPS) is 10.8. The van der Waals surface area contributed by atoms with E-state index in [1.807, 2.05) is 48.5 Å². The van der Waals surface area contributed by atoms with Crippen molar-refractivity contribution in [2.24, 2.45) is 5.10 Å². The highest BCUT2D eigenvalue weighted by Crippen LogP contribution is 2.28. The Hall–Kier alpha value is -3.06. The highest BCUT2D eigenvalue weighted by molar-refractivity contribution is 7.14. The van der Waals surface area contributed by atoms with Crippen molar-refractivity contribution in [1.82, 2.24) is 4.98 Å². The van der Waals surface area contributed by atoms with Crippen LogP contribution in [0.1, 0.15) is 11.1 Å². The van der Waals surface area contributed by atoms with E-state index >= 15 is 0 Å². The fraction of sp³-hybridized carbons (Fsp3) is 0.111. The Bertz CT molecular complexity index is 849. The summed E-state index contributed by atoms with van der Waals surface area (Å²) in [5, 5.41) is 6.55. The molecule has 0 aliphatic heterocycles. The smallest absolute Gasteiger partial charge is 0.205 e. The molecule has 3 aromatic rings. The molecule has 0 saturated carbocycles. The zero-order valence-electron chi connectivity index (χ0n) is 13.7. The number of aromatic nitrogens is 1. The molecule has 0 fully saturated rings. The summed E-state index contributed by atoms with van der Waals surface area (Å²) in [5.41, 5.74) is 10.4. The number of thiazole rings is 1. The molecule has 0 unspecified atom stereocenters. The van der Waals surface area contributed by atoms with Crippen LogP contribution in [0.5, 0.6) is 11.5 Å². The Labute approximate surface area is 149 Å². The van der Waals surface area contributed by atoms with Gasteiger partial charge in [0.15, 0.2) is 11.5 Å². The molecule has 1 heterocycles. The van der Waals surface area contributed by atoms with Crippen LogP contribution in [0.2, 0.25) is 0 Å². The highest BCUT2D eigenvalue weighted by Gasteiger charge is 2.06. The van der Waals surface area contributed by atoms with Gasteiger partial charge in [-0.25, -0.2) is 4.98 Å². The lowest BCUT2D eigenvalue weighted by Gasteiger charge is -2.11. The fourth-order valence-electron chi connectivity index (χ4n) is 2.12. The number of anilines is 2. The Balaban J connectivity index is 1.68. The van der Waals surface area contributed by atoms with Crippen molar-refractivity contribution in [3.8, 4) is 11.5 Å². The molecule has 3 N–H and O–H groups in total. The van der Waals surface area contributed by atoms with Crippen LogP contribution in [0.4, 0.5) is 10.9 Å². The summed E-state index contributed by atoms with van der Waals surface area (Å²) in [6.07, 6.45) is 1.69. The lowest BCUT2D eigenvalue weighted by atomic mass is 10.2. The molecular weight excluding hydrogens is 336 g/mol. The minimum Gasteiger partial charge on any atom is -0.493 e. The number of nitrogens with zero attached hydrogens (tertiary/aromatic N) is 2. The number of hydrazone groups is 1. The molecule has 1 aromatic heterocycles. The first-order chi connectivity index (χ1) is 12.2. The summed E-state index contributed by atoms with van der Waals surface area (Å²) >= 11 is 1.39. The molecule has 2 aromatic carbocycles. The van der Waals surface area contributed by atoms with E-state index in [1.54, 1.807) is 18.7 Å². The number of methoxy groups -OCH3 is 1. The number of nitrogens with two attached hydrogens (primary N) is 1. The van der Waals surface area contributed by atoms with Gasteiger partial charge in [-0.2, -0.15) is 5.10 Å². The van der Waals surface area contributed by atoms with Crippen LogP contribution in [0.15, 0.2) is 59.0 Å². The van der Waals surface area contributed by atoms with Crippen LogP contribution in [-0.4, -0.2) is 18.3 Å². The molecule has 0 saturated heterocycles. The average Bonchev–Trinajstić information content (AvgIpc) is 3.06. The van der Waals surface area contributed by atoms with Gasteiger partial charge in [-0.3, -0.25) is 5.43 Å². The second-order valence-electron chi connectivity index (χ2n) is 5.13. The van der Waals surface area contributed by atoms with Crippen molar-refractivity contribution < 1.29 is 9.47 Å². The Kier molecular flexibility index (Phi) is 5.48. The minimum atomic E-state index is 0.467. The summed E-state index contributed by atoms with van der Waals surface area (Å²) in [6.45, 7) is 0.467. The zero-order valence-corrected chi connectivity index (χ0v) is 14.5. The molecule has 0 amide bonds. The molecule has 0 radical (unpaired) electrons. The Morgan fingerprint density at radius 1 is 1.20 bits per heavy atom. The van der Waals surface area contributed by atoms with Gasteiger partial charge in [0, 0.05) is 5.38 Å². The number of nitrogen functional groups attached to an aromatic ring is 1. The lowest BCUT2D eigenvalue weighted by Crippen LogP contribution is -1.99. The van der Waals surface area contributed by atoms with Crippen molar-refractivity contribution in [3.05, 3.63) is 65.0 Å². The SMILES string of the molecule is COc1ccc(C=NNc2nc(N)cs2)cc1OCc1ccccc1. The van der Waals surface area contributed by atoms with Crippen LogP contribution >= 0.6 is 11.3 Å². The quantitative estimate of drug-likeness (QED) is 0.499. The van der Waals surface area contributed by atoms with Gasteiger partial charge in [-0.1, -0.05) is 30.3 Å². The number of benzene rings is 2. The number of nitrogens with one attached hydrogen (secondary N) is 1. The van der Waals surface area contributed by atoms with Crippen molar-refractivity contribution >= 4 is 28.5 Å². The standard InChI is InChI=1S/C18H18N4O2S/c1-23-15-8-7-14(10-20-22-18-21-17(19)12-25-18)9-16(15)24-11-13-5-3-2-4-6-13/h2-10,12H,11,19H2,1H3,(H,21,22). The van der Waals surface area contributed by atoms with Crippen molar-refractivity contribution in [2.75, 3.05) is 18.3 Å².